The minimum absolute atomic E-state index is 0.0124. The van der Waals surface area contributed by atoms with Crippen molar-refractivity contribution in [3.8, 4) is 0 Å². The molecule has 0 radical (unpaired) electrons. The fraction of sp³-hybridized carbons (Fsp3) is 0.875. The number of methoxy groups -OCH3 is 1. The molecular weight excluding hydrogens is 176 g/mol. The molecular formula is C8H16O5. The second kappa shape index (κ2) is 7.97. The number of carbonyl (C=O) groups is 1. The van der Waals surface area contributed by atoms with Crippen LogP contribution in [0, 0.1) is 0 Å². The Bertz CT molecular complexity index is 136. The topological polar surface area (TPSA) is 65.0 Å². The molecule has 13 heavy (non-hydrogen) atoms. The first-order chi connectivity index (χ1) is 6.16. The number of carboxylic acids is 1. The lowest BCUT2D eigenvalue weighted by Gasteiger charge is -2.11. The number of ether oxygens (including phenoxy) is 3. The van der Waals surface area contributed by atoms with E-state index in [1.165, 1.54) is 0 Å². The lowest BCUT2D eigenvalue weighted by atomic mass is 10.4. The molecule has 0 spiro atoms. The van der Waals surface area contributed by atoms with Crippen LogP contribution >= 0.6 is 0 Å². The van der Waals surface area contributed by atoms with Crippen molar-refractivity contribution >= 4 is 5.97 Å². The van der Waals surface area contributed by atoms with Gasteiger partial charge in [-0.3, -0.25) is 0 Å². The molecule has 0 aromatic heterocycles. The summed E-state index contributed by atoms with van der Waals surface area (Å²) in [6.07, 6.45) is 0.0124. The summed E-state index contributed by atoms with van der Waals surface area (Å²) in [5.74, 6) is -0.968. The molecule has 0 aliphatic carbocycles. The van der Waals surface area contributed by atoms with Gasteiger partial charge in [0.1, 0.15) is 6.61 Å². The van der Waals surface area contributed by atoms with Gasteiger partial charge in [-0.2, -0.15) is 0 Å². The SMILES string of the molecule is COCC(C)OCCOCC(=O)O. The summed E-state index contributed by atoms with van der Waals surface area (Å²) in [4.78, 5) is 10.0. The predicted molar refractivity (Wildman–Crippen MR) is 45.7 cm³/mol. The Morgan fingerprint density at radius 1 is 1.46 bits per heavy atom. The third kappa shape index (κ3) is 9.26. The van der Waals surface area contributed by atoms with Crippen LogP contribution in [0.1, 0.15) is 6.92 Å². The fourth-order valence-electron chi connectivity index (χ4n) is 0.751. The molecule has 5 nitrogen and oxygen atoms in total. The van der Waals surface area contributed by atoms with Crippen molar-refractivity contribution in [2.45, 2.75) is 13.0 Å². The molecule has 0 saturated carbocycles. The Labute approximate surface area is 77.6 Å². The van der Waals surface area contributed by atoms with Gasteiger partial charge >= 0.3 is 5.97 Å². The zero-order valence-corrected chi connectivity index (χ0v) is 7.99. The van der Waals surface area contributed by atoms with Crippen LogP contribution in [0.15, 0.2) is 0 Å². The van der Waals surface area contributed by atoms with E-state index in [0.29, 0.717) is 19.8 Å². The van der Waals surface area contributed by atoms with E-state index in [1.54, 1.807) is 7.11 Å². The summed E-state index contributed by atoms with van der Waals surface area (Å²) in [5.41, 5.74) is 0. The fourth-order valence-corrected chi connectivity index (χ4v) is 0.751. The van der Waals surface area contributed by atoms with Crippen LogP contribution in [-0.4, -0.2) is 50.7 Å². The van der Waals surface area contributed by atoms with E-state index in [0.717, 1.165) is 0 Å². The molecule has 0 aromatic rings. The van der Waals surface area contributed by atoms with Gasteiger partial charge in [0.2, 0.25) is 0 Å². The van der Waals surface area contributed by atoms with Gasteiger partial charge in [0.25, 0.3) is 0 Å². The van der Waals surface area contributed by atoms with Crippen LogP contribution in [0.5, 0.6) is 0 Å². The summed E-state index contributed by atoms with van der Waals surface area (Å²) < 4.78 is 14.8. The minimum Gasteiger partial charge on any atom is -0.480 e. The van der Waals surface area contributed by atoms with Crippen molar-refractivity contribution in [2.75, 3.05) is 33.5 Å². The molecule has 0 rings (SSSR count). The Morgan fingerprint density at radius 3 is 2.69 bits per heavy atom. The van der Waals surface area contributed by atoms with Crippen molar-refractivity contribution in [3.63, 3.8) is 0 Å². The number of aliphatic carboxylic acids is 1. The van der Waals surface area contributed by atoms with Gasteiger partial charge in [0.15, 0.2) is 0 Å². The van der Waals surface area contributed by atoms with E-state index >= 15 is 0 Å². The van der Waals surface area contributed by atoms with Gasteiger partial charge in [0.05, 0.1) is 25.9 Å². The first-order valence-corrected chi connectivity index (χ1v) is 4.07. The first kappa shape index (κ1) is 12.3. The Hall–Kier alpha value is -0.650. The van der Waals surface area contributed by atoms with E-state index in [4.69, 9.17) is 19.3 Å². The highest BCUT2D eigenvalue weighted by Crippen LogP contribution is 1.90. The maximum Gasteiger partial charge on any atom is 0.329 e. The van der Waals surface area contributed by atoms with Crippen LogP contribution in [0.4, 0.5) is 0 Å². The van der Waals surface area contributed by atoms with Gasteiger partial charge in [0, 0.05) is 7.11 Å². The van der Waals surface area contributed by atoms with E-state index in [2.05, 4.69) is 0 Å². The molecule has 0 bridgehead atoms. The van der Waals surface area contributed by atoms with E-state index in [-0.39, 0.29) is 12.7 Å². The smallest absolute Gasteiger partial charge is 0.329 e. The number of hydrogen-bond acceptors (Lipinski definition) is 4. The highest BCUT2D eigenvalue weighted by atomic mass is 16.6. The first-order valence-electron chi connectivity index (χ1n) is 4.07. The highest BCUT2D eigenvalue weighted by molar-refractivity contribution is 5.67. The summed E-state index contributed by atoms with van der Waals surface area (Å²) in [7, 11) is 1.60. The third-order valence-corrected chi connectivity index (χ3v) is 1.26. The second-order valence-corrected chi connectivity index (χ2v) is 2.58. The van der Waals surface area contributed by atoms with Crippen molar-refractivity contribution in [1.82, 2.24) is 0 Å². The van der Waals surface area contributed by atoms with Crippen molar-refractivity contribution < 1.29 is 24.1 Å². The largest absolute Gasteiger partial charge is 0.480 e. The number of carboxylic acid groups (broad SMARTS) is 1. The lowest BCUT2D eigenvalue weighted by molar-refractivity contribution is -0.143. The van der Waals surface area contributed by atoms with Crippen LogP contribution in [0.3, 0.4) is 0 Å². The summed E-state index contributed by atoms with van der Waals surface area (Å²) in [6, 6.07) is 0. The average Bonchev–Trinajstić information content (AvgIpc) is 2.03. The third-order valence-electron chi connectivity index (χ3n) is 1.26. The van der Waals surface area contributed by atoms with Crippen molar-refractivity contribution in [2.24, 2.45) is 0 Å². The normalized spacial score (nSPS) is 12.8. The van der Waals surface area contributed by atoms with Crippen LogP contribution in [0.2, 0.25) is 0 Å². The van der Waals surface area contributed by atoms with Gasteiger partial charge < -0.3 is 19.3 Å². The summed E-state index contributed by atoms with van der Waals surface area (Å²) in [5, 5.41) is 8.22. The molecule has 0 aromatic carbocycles. The second-order valence-electron chi connectivity index (χ2n) is 2.58. The molecule has 0 heterocycles. The van der Waals surface area contributed by atoms with Crippen LogP contribution < -0.4 is 0 Å². The Balaban J connectivity index is 3.11. The van der Waals surface area contributed by atoms with E-state index < -0.39 is 5.97 Å². The molecule has 0 aliphatic heterocycles. The van der Waals surface area contributed by atoms with Gasteiger partial charge in [-0.15, -0.1) is 0 Å². The minimum atomic E-state index is -0.968. The van der Waals surface area contributed by atoms with Gasteiger partial charge in [-0.05, 0) is 6.92 Å². The van der Waals surface area contributed by atoms with Gasteiger partial charge in [-0.1, -0.05) is 0 Å². The van der Waals surface area contributed by atoms with E-state index in [9.17, 15) is 4.79 Å². The average molecular weight is 192 g/mol. The summed E-state index contributed by atoms with van der Waals surface area (Å²) in [6.45, 7) is 2.81. The molecule has 1 unspecified atom stereocenters. The zero-order chi connectivity index (χ0) is 10.1. The van der Waals surface area contributed by atoms with Crippen molar-refractivity contribution in [3.05, 3.63) is 0 Å². The standard InChI is InChI=1S/C8H16O5/c1-7(5-11-2)13-4-3-12-6-8(9)10/h7H,3-6H2,1-2H3,(H,9,10). The molecule has 78 valence electrons. The summed E-state index contributed by atoms with van der Waals surface area (Å²) >= 11 is 0. The number of hydrogen-bond donors (Lipinski definition) is 1. The van der Waals surface area contributed by atoms with Crippen molar-refractivity contribution in [1.29, 1.82) is 0 Å². The molecule has 0 saturated heterocycles. The monoisotopic (exact) mass is 192 g/mol. The quantitative estimate of drug-likeness (QED) is 0.554. The predicted octanol–water partition coefficient (Wildman–Crippen LogP) is 0.139. The molecule has 0 fully saturated rings. The highest BCUT2D eigenvalue weighted by Gasteiger charge is 2.01. The Kier molecular flexibility index (Phi) is 7.57. The van der Waals surface area contributed by atoms with Crippen LogP contribution in [-0.2, 0) is 19.0 Å². The molecule has 0 aliphatic rings. The molecule has 0 amide bonds. The maximum absolute atomic E-state index is 10.0. The number of rotatable bonds is 8. The maximum atomic E-state index is 10.0. The van der Waals surface area contributed by atoms with Crippen LogP contribution in [0.25, 0.3) is 0 Å². The zero-order valence-electron chi connectivity index (χ0n) is 7.99. The molecule has 1 N–H and O–H groups in total. The van der Waals surface area contributed by atoms with E-state index in [1.807, 2.05) is 6.92 Å². The molecule has 1 atom stereocenters. The lowest BCUT2D eigenvalue weighted by Crippen LogP contribution is -2.18. The molecule has 5 heteroatoms. The van der Waals surface area contributed by atoms with Gasteiger partial charge in [-0.25, -0.2) is 4.79 Å². The Morgan fingerprint density at radius 2 is 2.15 bits per heavy atom.